The number of amidine groups is 1. The molecule has 0 saturated carbocycles. The van der Waals surface area contributed by atoms with Gasteiger partial charge in [0, 0.05) is 13.5 Å². The van der Waals surface area contributed by atoms with Gasteiger partial charge in [-0.25, -0.2) is 9.86 Å². The van der Waals surface area contributed by atoms with Gasteiger partial charge in [-0.05, 0) is 17.2 Å². The second-order valence-corrected chi connectivity index (χ2v) is 5.67. The van der Waals surface area contributed by atoms with Gasteiger partial charge in [0.15, 0.2) is 0 Å². The number of amides is 1. The second kappa shape index (κ2) is 6.72. The van der Waals surface area contributed by atoms with Gasteiger partial charge in [-0.3, -0.25) is 15.5 Å². The van der Waals surface area contributed by atoms with Gasteiger partial charge < -0.3 is 4.74 Å². The van der Waals surface area contributed by atoms with Gasteiger partial charge in [0.25, 0.3) is 0 Å². The van der Waals surface area contributed by atoms with Crippen LogP contribution in [-0.4, -0.2) is 35.3 Å². The van der Waals surface area contributed by atoms with Crippen molar-refractivity contribution in [3.63, 3.8) is 0 Å². The van der Waals surface area contributed by atoms with Crippen molar-refractivity contribution < 1.29 is 14.7 Å². The predicted molar refractivity (Wildman–Crippen MR) is 90.3 cm³/mol. The molecular weight excluding hydrogens is 306 g/mol. The first-order valence-electron chi connectivity index (χ1n) is 7.67. The maximum atomic E-state index is 12.6. The zero-order chi connectivity index (χ0) is 17.1. The number of carbonyl (C=O) groups is 1. The number of rotatable bonds is 3. The van der Waals surface area contributed by atoms with Crippen molar-refractivity contribution in [2.24, 2.45) is 0 Å². The van der Waals surface area contributed by atoms with E-state index in [1.54, 1.807) is 0 Å². The van der Waals surface area contributed by atoms with E-state index in [0.29, 0.717) is 12.1 Å². The number of nitrogens with one attached hydrogen (secondary N) is 1. The highest BCUT2D eigenvalue weighted by molar-refractivity contribution is 6.01. The Hall–Kier alpha value is -2.86. The maximum Gasteiger partial charge on any atom is 0.415 e. The lowest BCUT2D eigenvalue weighted by molar-refractivity contribution is 0.00876. The number of para-hydroxylation sites is 1. The molecule has 2 aromatic rings. The number of anilines is 1. The van der Waals surface area contributed by atoms with Gasteiger partial charge in [0.1, 0.15) is 18.5 Å². The highest BCUT2D eigenvalue weighted by atomic mass is 16.6. The highest BCUT2D eigenvalue weighted by Gasteiger charge is 2.38. The topological polar surface area (TPSA) is 76.9 Å². The van der Waals surface area contributed by atoms with Crippen molar-refractivity contribution in [3.8, 4) is 0 Å². The minimum absolute atomic E-state index is 0.0529. The third kappa shape index (κ3) is 3.09. The Morgan fingerprint density at radius 1 is 1.25 bits per heavy atom. The summed E-state index contributed by atoms with van der Waals surface area (Å²) in [5, 5.41) is 18.4. The van der Waals surface area contributed by atoms with Gasteiger partial charge in [-0.15, -0.1) is 0 Å². The van der Waals surface area contributed by atoms with Crippen LogP contribution in [0.4, 0.5) is 10.5 Å². The summed E-state index contributed by atoms with van der Waals surface area (Å²) < 4.78 is 5.42. The van der Waals surface area contributed by atoms with Crippen LogP contribution in [0.25, 0.3) is 0 Å². The predicted octanol–water partition coefficient (Wildman–Crippen LogP) is 3.05. The minimum atomic E-state index is -0.583. The molecule has 3 rings (SSSR count). The van der Waals surface area contributed by atoms with E-state index in [1.807, 2.05) is 54.6 Å². The summed E-state index contributed by atoms with van der Waals surface area (Å²) >= 11 is 0. The molecule has 1 unspecified atom stereocenters. The van der Waals surface area contributed by atoms with Crippen molar-refractivity contribution in [2.75, 3.05) is 11.9 Å². The molecule has 1 heterocycles. The number of carbonyl (C=O) groups excluding carboxylic acids is 1. The molecular formula is C18H19N3O3. The fraction of sp³-hybridized carbons (Fsp3) is 0.222. The number of likely N-dealkylation sites (N-methyl/N-ethyl adjacent to an activating group) is 1. The number of hydrogen-bond acceptors (Lipinski definition) is 4. The molecule has 0 spiro atoms. The first kappa shape index (κ1) is 16.0. The third-order valence-corrected chi connectivity index (χ3v) is 4.04. The van der Waals surface area contributed by atoms with Crippen molar-refractivity contribution >= 4 is 17.6 Å². The molecule has 0 radical (unpaired) electrons. The average Bonchev–Trinajstić information content (AvgIpc) is 2.99. The number of benzene rings is 2. The number of ether oxygens (including phenoxy) is 1. The monoisotopic (exact) mass is 325 g/mol. The second-order valence-electron chi connectivity index (χ2n) is 5.67. The van der Waals surface area contributed by atoms with Crippen LogP contribution in [0.3, 0.4) is 0 Å². The summed E-state index contributed by atoms with van der Waals surface area (Å²) in [6.07, 6.45) is -0.0548. The average molecular weight is 325 g/mol. The van der Waals surface area contributed by atoms with E-state index < -0.39 is 12.1 Å². The van der Waals surface area contributed by atoms with E-state index in [4.69, 9.17) is 10.1 Å². The third-order valence-electron chi connectivity index (χ3n) is 4.04. The lowest BCUT2D eigenvalue weighted by Crippen LogP contribution is -2.47. The summed E-state index contributed by atoms with van der Waals surface area (Å²) in [4.78, 5) is 14.1. The van der Waals surface area contributed by atoms with Gasteiger partial charge in [0.2, 0.25) is 0 Å². The van der Waals surface area contributed by atoms with Crippen LogP contribution < -0.4 is 4.90 Å². The minimum Gasteiger partial charge on any atom is -0.444 e. The Morgan fingerprint density at radius 2 is 1.92 bits per heavy atom. The van der Waals surface area contributed by atoms with Crippen LogP contribution in [0.5, 0.6) is 0 Å². The number of hydroxylamine groups is 2. The molecule has 1 aliphatic rings. The largest absolute Gasteiger partial charge is 0.444 e. The van der Waals surface area contributed by atoms with Crippen molar-refractivity contribution in [2.45, 2.75) is 19.1 Å². The van der Waals surface area contributed by atoms with E-state index >= 15 is 0 Å². The molecule has 2 N–H and O–H groups in total. The van der Waals surface area contributed by atoms with E-state index in [9.17, 15) is 10.0 Å². The molecule has 2 aromatic carbocycles. The summed E-state index contributed by atoms with van der Waals surface area (Å²) in [7, 11) is 1.37. The Balaban J connectivity index is 1.81. The molecule has 0 aromatic heterocycles. The first-order valence-corrected chi connectivity index (χ1v) is 7.67. The van der Waals surface area contributed by atoms with Crippen LogP contribution in [0.15, 0.2) is 54.6 Å². The van der Waals surface area contributed by atoms with E-state index in [-0.39, 0.29) is 12.4 Å². The van der Waals surface area contributed by atoms with Crippen molar-refractivity contribution in [3.05, 3.63) is 65.7 Å². The van der Waals surface area contributed by atoms with Gasteiger partial charge in [0.05, 0.1) is 5.69 Å². The molecule has 124 valence electrons. The van der Waals surface area contributed by atoms with Gasteiger partial charge in [-0.1, -0.05) is 48.5 Å². The molecule has 6 nitrogen and oxygen atoms in total. The molecule has 1 atom stereocenters. The molecule has 0 saturated heterocycles. The maximum absolute atomic E-state index is 12.6. The summed E-state index contributed by atoms with van der Waals surface area (Å²) in [6, 6.07) is 16.3. The van der Waals surface area contributed by atoms with Crippen LogP contribution in [0, 0.1) is 5.41 Å². The number of nitrogens with zero attached hydrogens (tertiary/aromatic N) is 2. The van der Waals surface area contributed by atoms with Crippen LogP contribution in [0.2, 0.25) is 0 Å². The fourth-order valence-corrected chi connectivity index (χ4v) is 2.84. The lowest BCUT2D eigenvalue weighted by Gasteiger charge is -2.27. The normalized spacial score (nSPS) is 15.8. The molecule has 0 aliphatic carbocycles. The smallest absolute Gasteiger partial charge is 0.415 e. The molecule has 0 bridgehead atoms. The fourth-order valence-electron chi connectivity index (χ4n) is 2.84. The summed E-state index contributed by atoms with van der Waals surface area (Å²) in [5.41, 5.74) is 2.56. The van der Waals surface area contributed by atoms with E-state index in [1.165, 1.54) is 11.9 Å². The quantitative estimate of drug-likeness (QED) is 0.516. The van der Waals surface area contributed by atoms with Crippen LogP contribution in [0.1, 0.15) is 11.1 Å². The van der Waals surface area contributed by atoms with Gasteiger partial charge >= 0.3 is 6.09 Å². The highest BCUT2D eigenvalue weighted by Crippen LogP contribution is 2.33. The zero-order valence-corrected chi connectivity index (χ0v) is 13.3. The Bertz CT molecular complexity index is 746. The summed E-state index contributed by atoms with van der Waals surface area (Å²) in [6.45, 7) is 0.160. The zero-order valence-electron chi connectivity index (χ0n) is 13.3. The first-order chi connectivity index (χ1) is 11.6. The Labute approximate surface area is 140 Å². The number of hydrogen-bond donors (Lipinski definition) is 2. The van der Waals surface area contributed by atoms with Gasteiger partial charge in [-0.2, -0.15) is 0 Å². The molecule has 24 heavy (non-hydrogen) atoms. The van der Waals surface area contributed by atoms with E-state index in [0.717, 1.165) is 16.2 Å². The Morgan fingerprint density at radius 3 is 2.62 bits per heavy atom. The Kier molecular flexibility index (Phi) is 4.48. The molecule has 0 fully saturated rings. The van der Waals surface area contributed by atoms with Crippen molar-refractivity contribution in [1.82, 2.24) is 5.06 Å². The SMILES string of the molecule is CN(O)C(=N)C1Cc2ccccc2N1C(=O)OCc1ccccc1. The standard InChI is InChI=1S/C18H19N3O3/c1-20(23)17(19)16-11-14-9-5-6-10-15(14)21(16)18(22)24-12-13-7-3-2-4-8-13/h2-10,16,19,23H,11-12H2,1H3. The van der Waals surface area contributed by atoms with Crippen LogP contribution >= 0.6 is 0 Å². The lowest BCUT2D eigenvalue weighted by atomic mass is 10.1. The summed E-state index contributed by atoms with van der Waals surface area (Å²) in [5.74, 6) is -0.0529. The molecule has 6 heteroatoms. The molecule has 1 amide bonds. The molecule has 1 aliphatic heterocycles. The van der Waals surface area contributed by atoms with Crippen LogP contribution in [-0.2, 0) is 17.8 Å². The van der Waals surface area contributed by atoms with Crippen molar-refractivity contribution in [1.29, 1.82) is 5.41 Å². The number of fused-ring (bicyclic) bond motifs is 1. The van der Waals surface area contributed by atoms with E-state index in [2.05, 4.69) is 0 Å².